The number of benzene rings is 2. The predicted molar refractivity (Wildman–Crippen MR) is 128 cm³/mol. The van der Waals surface area contributed by atoms with Crippen LogP contribution in [0.2, 0.25) is 0 Å². The molecule has 32 heavy (non-hydrogen) atoms. The fraction of sp³-hybridized carbons (Fsp3) is 0.440. The summed E-state index contributed by atoms with van der Waals surface area (Å²) in [5.41, 5.74) is 1.54. The first-order valence-electron chi connectivity index (χ1n) is 10.8. The summed E-state index contributed by atoms with van der Waals surface area (Å²) >= 11 is 0. The van der Waals surface area contributed by atoms with Crippen LogP contribution in [0.4, 0.5) is 0 Å². The van der Waals surface area contributed by atoms with Crippen molar-refractivity contribution in [2.75, 3.05) is 33.2 Å². The molecule has 3 atom stereocenters. The quantitative estimate of drug-likeness (QED) is 0.404. The number of aliphatic carboxylic acids is 1. The third-order valence-electron chi connectivity index (χ3n) is 6.62. The number of carboxylic acid groups (broad SMARTS) is 1. The Kier molecular flexibility index (Phi) is 9.92. The van der Waals surface area contributed by atoms with E-state index < -0.39 is 5.97 Å². The van der Waals surface area contributed by atoms with Crippen LogP contribution >= 0.6 is 0 Å². The summed E-state index contributed by atoms with van der Waals surface area (Å²) in [4.78, 5) is 26.6. The second kappa shape index (κ2) is 12.0. The summed E-state index contributed by atoms with van der Waals surface area (Å²) in [5.74, 6) is -0.818. The molecule has 6 nitrogen and oxygen atoms in total. The molecule has 0 amide bonds. The average Bonchev–Trinajstić information content (AvgIpc) is 2.75. The van der Waals surface area contributed by atoms with E-state index in [4.69, 9.17) is 5.11 Å². The molecule has 3 N–H and O–H groups in total. The molecule has 2 unspecified atom stereocenters. The van der Waals surface area contributed by atoms with Gasteiger partial charge in [-0.3, -0.25) is 9.59 Å². The second-order valence-electron chi connectivity index (χ2n) is 8.86. The Balaban J connectivity index is 0.00000363. The monoisotopic (exact) mass is 448 g/mol. The summed E-state index contributed by atoms with van der Waals surface area (Å²) in [6.45, 7) is 4.14. The first kappa shape index (κ1) is 26.6. The number of phenolic OH excluding ortho intramolecular Hbond substituents is 1. The van der Waals surface area contributed by atoms with Crippen molar-refractivity contribution in [2.24, 2.45) is 11.8 Å². The van der Waals surface area contributed by atoms with Crippen LogP contribution in [0, 0.1) is 11.8 Å². The Morgan fingerprint density at radius 3 is 2.56 bits per heavy atom. The number of carboxylic acids is 1. The van der Waals surface area contributed by atoms with Crippen molar-refractivity contribution in [3.05, 3.63) is 65.7 Å². The summed E-state index contributed by atoms with van der Waals surface area (Å²) in [6.07, 6.45) is 1.56. The van der Waals surface area contributed by atoms with Gasteiger partial charge in [-0.2, -0.15) is 0 Å². The van der Waals surface area contributed by atoms with Crippen LogP contribution in [-0.4, -0.2) is 89.6 Å². The van der Waals surface area contributed by atoms with Gasteiger partial charge >= 0.3 is 35.5 Å². The SMILES string of the molecule is CN1CCC(C)(c2cccc(O)c2)C(C[C@H](CNCC(=O)O)C(=O)c2ccccc2)C1.[NaH]. The number of phenols is 1. The summed E-state index contributed by atoms with van der Waals surface area (Å²) in [6, 6.07) is 16.6. The first-order valence-corrected chi connectivity index (χ1v) is 10.8. The molecule has 3 rings (SSSR count). The molecule has 168 valence electrons. The van der Waals surface area contributed by atoms with Crippen molar-refractivity contribution in [1.82, 2.24) is 10.2 Å². The number of hydrogen-bond acceptors (Lipinski definition) is 5. The molecule has 0 aromatic heterocycles. The van der Waals surface area contributed by atoms with Crippen LogP contribution in [0.15, 0.2) is 54.6 Å². The molecule has 7 heteroatoms. The molecule has 0 bridgehead atoms. The molecule has 1 saturated heterocycles. The van der Waals surface area contributed by atoms with Crippen LogP contribution in [-0.2, 0) is 10.2 Å². The molecular formula is C25H33N2NaO4. The van der Waals surface area contributed by atoms with E-state index in [-0.39, 0.29) is 64.9 Å². The number of ketones is 1. The number of nitrogens with one attached hydrogen (secondary N) is 1. The third-order valence-corrected chi connectivity index (χ3v) is 6.62. The van der Waals surface area contributed by atoms with Crippen molar-refractivity contribution >= 4 is 41.3 Å². The topological polar surface area (TPSA) is 89.9 Å². The van der Waals surface area contributed by atoms with Crippen molar-refractivity contribution in [3.63, 3.8) is 0 Å². The normalized spacial score (nSPS) is 22.0. The molecule has 0 spiro atoms. The van der Waals surface area contributed by atoms with Gasteiger partial charge in [0.2, 0.25) is 0 Å². The Labute approximate surface area is 212 Å². The molecule has 2 aromatic carbocycles. The first-order chi connectivity index (χ1) is 14.8. The van der Waals surface area contributed by atoms with Gasteiger partial charge in [-0.15, -0.1) is 0 Å². The van der Waals surface area contributed by atoms with Crippen LogP contribution < -0.4 is 5.32 Å². The molecule has 0 radical (unpaired) electrons. The van der Waals surface area contributed by atoms with Gasteiger partial charge < -0.3 is 20.4 Å². The number of hydrogen-bond donors (Lipinski definition) is 3. The number of nitrogens with zero attached hydrogens (tertiary/aromatic N) is 1. The minimum absolute atomic E-state index is 0. The zero-order chi connectivity index (χ0) is 22.4. The molecule has 0 saturated carbocycles. The second-order valence-corrected chi connectivity index (χ2v) is 8.86. The standard InChI is InChI=1S/C25H32N2O4.Na.H/c1-25(20-9-6-10-22(28)14-20)11-12-27(2)17-21(25)13-19(15-26-16-23(29)30)24(31)18-7-4-3-5-8-18;;/h3-10,14,19,21,26,28H,11-13,15-17H2,1-2H3,(H,29,30);;/t19-,21?,25?;;/m1../s1. The number of rotatable bonds is 9. The van der Waals surface area contributed by atoms with Gasteiger partial charge in [0.05, 0.1) is 6.54 Å². The maximum absolute atomic E-state index is 13.3. The van der Waals surface area contributed by atoms with Crippen molar-refractivity contribution < 1.29 is 19.8 Å². The summed E-state index contributed by atoms with van der Waals surface area (Å²) in [5, 5.41) is 22.0. The van der Waals surface area contributed by atoms with E-state index in [2.05, 4.69) is 30.3 Å². The van der Waals surface area contributed by atoms with Gasteiger partial charge in [0, 0.05) is 24.6 Å². The van der Waals surface area contributed by atoms with Crippen LogP contribution in [0.25, 0.3) is 0 Å². The molecule has 1 fully saturated rings. The fourth-order valence-corrected chi connectivity index (χ4v) is 4.69. The van der Waals surface area contributed by atoms with Gasteiger partial charge in [0.1, 0.15) is 5.75 Å². The third kappa shape index (κ3) is 6.65. The number of piperidine rings is 1. The Hall–Kier alpha value is -1.70. The van der Waals surface area contributed by atoms with Gasteiger partial charge in [-0.25, -0.2) is 0 Å². The van der Waals surface area contributed by atoms with Gasteiger partial charge in [-0.1, -0.05) is 49.4 Å². The molecule has 1 aliphatic heterocycles. The van der Waals surface area contributed by atoms with E-state index >= 15 is 0 Å². The molecule has 0 aliphatic carbocycles. The minimum atomic E-state index is -0.937. The number of Topliss-reactive ketones (excluding diaryl/α,β-unsaturated/α-hetero) is 1. The van der Waals surface area contributed by atoms with Crippen molar-refractivity contribution in [2.45, 2.75) is 25.2 Å². The average molecular weight is 449 g/mol. The number of carbonyl (C=O) groups excluding carboxylic acids is 1. The summed E-state index contributed by atoms with van der Waals surface area (Å²) in [7, 11) is 2.09. The molecule has 1 heterocycles. The van der Waals surface area contributed by atoms with E-state index in [0.29, 0.717) is 18.5 Å². The number of likely N-dealkylation sites (tertiary alicyclic amines) is 1. The van der Waals surface area contributed by atoms with E-state index in [9.17, 15) is 14.7 Å². The van der Waals surface area contributed by atoms with E-state index in [1.165, 1.54) is 0 Å². The Morgan fingerprint density at radius 1 is 1.19 bits per heavy atom. The van der Waals surface area contributed by atoms with Gasteiger partial charge in [-0.05, 0) is 55.5 Å². The van der Waals surface area contributed by atoms with E-state index in [1.54, 1.807) is 6.07 Å². The number of carbonyl (C=O) groups is 2. The molecule has 1 aliphatic rings. The van der Waals surface area contributed by atoms with Crippen LogP contribution in [0.5, 0.6) is 5.75 Å². The van der Waals surface area contributed by atoms with Crippen molar-refractivity contribution in [3.8, 4) is 5.75 Å². The van der Waals surface area contributed by atoms with Gasteiger partial charge in [0.15, 0.2) is 5.78 Å². The molecule has 2 aromatic rings. The Bertz CT molecular complexity index is 908. The molecular weight excluding hydrogens is 415 g/mol. The van der Waals surface area contributed by atoms with E-state index in [0.717, 1.165) is 25.1 Å². The van der Waals surface area contributed by atoms with Gasteiger partial charge in [0.25, 0.3) is 0 Å². The maximum atomic E-state index is 13.3. The summed E-state index contributed by atoms with van der Waals surface area (Å²) < 4.78 is 0. The zero-order valence-electron chi connectivity index (χ0n) is 18.3. The van der Waals surface area contributed by atoms with Crippen LogP contribution in [0.1, 0.15) is 35.7 Å². The van der Waals surface area contributed by atoms with Crippen molar-refractivity contribution in [1.29, 1.82) is 0 Å². The van der Waals surface area contributed by atoms with Crippen LogP contribution in [0.3, 0.4) is 0 Å². The zero-order valence-corrected chi connectivity index (χ0v) is 18.3. The Morgan fingerprint density at radius 2 is 1.91 bits per heavy atom. The number of aromatic hydroxyl groups is 1. The fourth-order valence-electron chi connectivity index (χ4n) is 4.69. The van der Waals surface area contributed by atoms with E-state index in [1.807, 2.05) is 42.5 Å². The predicted octanol–water partition coefficient (Wildman–Crippen LogP) is 2.52.